The molecule has 1 aliphatic rings. The highest BCUT2D eigenvalue weighted by Crippen LogP contribution is 2.32. The molecule has 6 nitrogen and oxygen atoms in total. The summed E-state index contributed by atoms with van der Waals surface area (Å²) in [6.07, 6.45) is 5.66. The van der Waals surface area contributed by atoms with Crippen LogP contribution < -0.4 is 20.1 Å². The predicted octanol–water partition coefficient (Wildman–Crippen LogP) is 3.85. The van der Waals surface area contributed by atoms with Gasteiger partial charge in [-0.3, -0.25) is 9.59 Å². The number of benzene rings is 2. The summed E-state index contributed by atoms with van der Waals surface area (Å²) in [6.45, 7) is 0. The van der Waals surface area contributed by atoms with Crippen molar-refractivity contribution in [1.82, 2.24) is 10.6 Å². The normalized spacial score (nSPS) is 21.4. The third-order valence-corrected chi connectivity index (χ3v) is 5.18. The maximum atomic E-state index is 12.5. The van der Waals surface area contributed by atoms with Crippen molar-refractivity contribution >= 4 is 11.8 Å². The molecule has 2 aromatic rings. The summed E-state index contributed by atoms with van der Waals surface area (Å²) in [6, 6.07) is 15.1. The molecule has 2 N–H and O–H groups in total. The molecule has 0 bridgehead atoms. The molecule has 0 unspecified atom stereocenters. The van der Waals surface area contributed by atoms with Gasteiger partial charge in [-0.25, -0.2) is 0 Å². The number of rotatable bonds is 4. The smallest absolute Gasteiger partial charge is 0.221 e. The summed E-state index contributed by atoms with van der Waals surface area (Å²) in [7, 11) is 3.20. The van der Waals surface area contributed by atoms with Crippen molar-refractivity contribution in [2.75, 3.05) is 14.2 Å². The minimum Gasteiger partial charge on any atom is -0.497 e. The molecule has 2 amide bonds. The van der Waals surface area contributed by atoms with Crippen LogP contribution in [0, 0.1) is 0 Å². The van der Waals surface area contributed by atoms with Gasteiger partial charge in [0.25, 0.3) is 0 Å². The summed E-state index contributed by atoms with van der Waals surface area (Å²) in [5, 5.41) is 6.08. The van der Waals surface area contributed by atoms with Crippen LogP contribution in [0.5, 0.6) is 11.5 Å². The Labute approximate surface area is 177 Å². The monoisotopic (exact) mass is 408 g/mol. The van der Waals surface area contributed by atoms with Gasteiger partial charge in [0.15, 0.2) is 0 Å². The highest BCUT2D eigenvalue weighted by atomic mass is 16.5. The summed E-state index contributed by atoms with van der Waals surface area (Å²) in [5.74, 6) is 1.04. The average molecular weight is 408 g/mol. The third-order valence-electron chi connectivity index (χ3n) is 5.18. The molecule has 30 heavy (non-hydrogen) atoms. The first-order valence-electron chi connectivity index (χ1n) is 10.1. The van der Waals surface area contributed by atoms with Crippen molar-refractivity contribution in [1.29, 1.82) is 0 Å². The largest absolute Gasteiger partial charge is 0.497 e. The van der Waals surface area contributed by atoms with E-state index in [2.05, 4.69) is 16.7 Å². The van der Waals surface area contributed by atoms with Crippen molar-refractivity contribution in [2.45, 2.75) is 37.8 Å². The van der Waals surface area contributed by atoms with E-state index in [-0.39, 0.29) is 36.7 Å². The first-order valence-corrected chi connectivity index (χ1v) is 10.1. The van der Waals surface area contributed by atoms with Crippen LogP contribution in [-0.2, 0) is 9.59 Å². The summed E-state index contributed by atoms with van der Waals surface area (Å²) in [5.41, 5.74) is 1.92. The van der Waals surface area contributed by atoms with Crippen molar-refractivity contribution in [3.05, 3.63) is 71.8 Å². The molecule has 0 radical (unpaired) electrons. The number of carbonyl (C=O) groups is 2. The molecule has 158 valence electrons. The Morgan fingerprint density at radius 3 is 2.07 bits per heavy atom. The molecule has 0 saturated carbocycles. The van der Waals surface area contributed by atoms with Crippen molar-refractivity contribution in [2.24, 2.45) is 0 Å². The van der Waals surface area contributed by atoms with Crippen LogP contribution in [0.25, 0.3) is 0 Å². The topological polar surface area (TPSA) is 76.7 Å². The van der Waals surface area contributed by atoms with Gasteiger partial charge in [-0.1, -0.05) is 42.5 Å². The SMILES string of the molecule is COc1ccc([C@H]2C/C=C\C[C@H](c3ccccc3)NC(=O)CCC(=O)N2)c(OC)c1. The van der Waals surface area contributed by atoms with Crippen molar-refractivity contribution in [3.8, 4) is 11.5 Å². The molecule has 0 saturated heterocycles. The first kappa shape index (κ1) is 21.4. The zero-order chi connectivity index (χ0) is 21.3. The number of hydrogen-bond donors (Lipinski definition) is 2. The zero-order valence-corrected chi connectivity index (χ0v) is 17.4. The van der Waals surface area contributed by atoms with E-state index in [0.29, 0.717) is 24.3 Å². The number of methoxy groups -OCH3 is 2. The lowest BCUT2D eigenvalue weighted by molar-refractivity contribution is -0.127. The fraction of sp³-hybridized carbons (Fsp3) is 0.333. The van der Waals surface area contributed by atoms with Crippen molar-refractivity contribution in [3.63, 3.8) is 0 Å². The van der Waals surface area contributed by atoms with Crippen LogP contribution in [0.4, 0.5) is 0 Å². The highest BCUT2D eigenvalue weighted by Gasteiger charge is 2.20. The molecule has 0 spiro atoms. The lowest BCUT2D eigenvalue weighted by atomic mass is 9.99. The number of ether oxygens (including phenoxy) is 2. The fourth-order valence-corrected chi connectivity index (χ4v) is 3.56. The lowest BCUT2D eigenvalue weighted by Gasteiger charge is -2.22. The minimum absolute atomic E-state index is 0.119. The third kappa shape index (κ3) is 5.63. The Morgan fingerprint density at radius 1 is 0.800 bits per heavy atom. The maximum Gasteiger partial charge on any atom is 0.221 e. The average Bonchev–Trinajstić information content (AvgIpc) is 2.78. The minimum atomic E-state index is -0.257. The van der Waals surface area contributed by atoms with Crippen LogP contribution in [0.3, 0.4) is 0 Å². The second-order valence-electron chi connectivity index (χ2n) is 7.20. The quantitative estimate of drug-likeness (QED) is 0.754. The number of nitrogens with one attached hydrogen (secondary N) is 2. The van der Waals surface area contributed by atoms with E-state index in [0.717, 1.165) is 11.1 Å². The molecular formula is C24H28N2O4. The van der Waals surface area contributed by atoms with Gasteiger partial charge < -0.3 is 20.1 Å². The zero-order valence-electron chi connectivity index (χ0n) is 17.4. The number of carbonyl (C=O) groups excluding carboxylic acids is 2. The van der Waals surface area contributed by atoms with E-state index >= 15 is 0 Å². The van der Waals surface area contributed by atoms with Crippen LogP contribution in [0.1, 0.15) is 48.9 Å². The Hall–Kier alpha value is -3.28. The molecule has 1 heterocycles. The van der Waals surface area contributed by atoms with Gasteiger partial charge in [-0.2, -0.15) is 0 Å². The standard InChI is InChI=1S/C24H28N2O4/c1-29-18-12-13-19(22(16-18)30-2)21-11-7-6-10-20(17-8-4-3-5-9-17)25-23(27)14-15-24(28)26-21/h3-9,12-13,16,20-21H,10-11,14-15H2,1-2H3,(H,25,27)(H,26,28)/b7-6-/t20-,21-/m1/s1. The van der Waals surface area contributed by atoms with E-state index in [4.69, 9.17) is 9.47 Å². The van der Waals surface area contributed by atoms with Crippen LogP contribution >= 0.6 is 0 Å². The fourth-order valence-electron chi connectivity index (χ4n) is 3.56. The van der Waals surface area contributed by atoms with Crippen molar-refractivity contribution < 1.29 is 19.1 Å². The molecule has 0 aromatic heterocycles. The number of amides is 2. The Balaban J connectivity index is 1.84. The van der Waals surface area contributed by atoms with Gasteiger partial charge in [-0.15, -0.1) is 0 Å². The first-order chi connectivity index (χ1) is 14.6. The molecule has 6 heteroatoms. The van der Waals surface area contributed by atoms with Crippen LogP contribution in [0.15, 0.2) is 60.7 Å². The summed E-state index contributed by atoms with van der Waals surface area (Å²) < 4.78 is 10.8. The Kier molecular flexibility index (Phi) is 7.49. The predicted molar refractivity (Wildman–Crippen MR) is 115 cm³/mol. The van der Waals surface area contributed by atoms with Gasteiger partial charge in [0.05, 0.1) is 26.3 Å². The summed E-state index contributed by atoms with van der Waals surface area (Å²) in [4.78, 5) is 24.9. The summed E-state index contributed by atoms with van der Waals surface area (Å²) >= 11 is 0. The number of hydrogen-bond acceptors (Lipinski definition) is 4. The van der Waals surface area contributed by atoms with Gasteiger partial charge >= 0.3 is 0 Å². The highest BCUT2D eigenvalue weighted by molar-refractivity contribution is 5.84. The lowest BCUT2D eigenvalue weighted by Crippen LogP contribution is -2.32. The Morgan fingerprint density at radius 2 is 1.43 bits per heavy atom. The van der Waals surface area contributed by atoms with Gasteiger partial charge in [-0.05, 0) is 30.5 Å². The molecule has 2 aromatic carbocycles. The molecule has 0 fully saturated rings. The molecule has 2 atom stereocenters. The van der Waals surface area contributed by atoms with Crippen LogP contribution in [0.2, 0.25) is 0 Å². The van der Waals surface area contributed by atoms with Gasteiger partial charge in [0.1, 0.15) is 11.5 Å². The van der Waals surface area contributed by atoms with Gasteiger partial charge in [0, 0.05) is 24.5 Å². The Bertz CT molecular complexity index is 895. The van der Waals surface area contributed by atoms with E-state index in [1.54, 1.807) is 20.3 Å². The second kappa shape index (κ2) is 10.5. The molecule has 1 aliphatic heterocycles. The molecular weight excluding hydrogens is 380 g/mol. The van der Waals surface area contributed by atoms with E-state index in [1.807, 2.05) is 48.5 Å². The maximum absolute atomic E-state index is 12.5. The molecule has 3 rings (SSSR count). The van der Waals surface area contributed by atoms with E-state index in [1.165, 1.54) is 0 Å². The van der Waals surface area contributed by atoms with Crippen LogP contribution in [-0.4, -0.2) is 26.0 Å². The van der Waals surface area contributed by atoms with E-state index < -0.39 is 0 Å². The van der Waals surface area contributed by atoms with E-state index in [9.17, 15) is 9.59 Å². The second-order valence-corrected chi connectivity index (χ2v) is 7.20. The van der Waals surface area contributed by atoms with Gasteiger partial charge in [0.2, 0.25) is 11.8 Å². The molecule has 0 aliphatic carbocycles.